The molecule has 4 rings (SSSR count). The Balaban J connectivity index is 1.62. The van der Waals surface area contributed by atoms with Crippen molar-refractivity contribution in [3.05, 3.63) is 77.3 Å². The van der Waals surface area contributed by atoms with Gasteiger partial charge in [-0.3, -0.25) is 4.79 Å². The molecule has 0 unspecified atom stereocenters. The second-order valence-corrected chi connectivity index (χ2v) is 6.82. The maximum Gasteiger partial charge on any atom is 0.248 e. The van der Waals surface area contributed by atoms with Gasteiger partial charge in [0.05, 0.1) is 6.26 Å². The Kier molecular flexibility index (Phi) is 4.57. The van der Waals surface area contributed by atoms with Gasteiger partial charge in [-0.05, 0) is 73.9 Å². The molecule has 140 valence electrons. The summed E-state index contributed by atoms with van der Waals surface area (Å²) in [5.74, 6) is 0.920. The molecule has 0 aliphatic rings. The molecule has 4 aromatic rings. The standard InChI is InChI=1S/C23H20N2O3/c1-14-11-16(3)22-20(12-14)25-23(28-22)17-7-6-15(2)19(13-17)24-21(26)9-8-18-5-4-10-27-18/h4-13H,1-3H3,(H,24,26)/b9-8+. The summed E-state index contributed by atoms with van der Waals surface area (Å²) in [6.07, 6.45) is 4.63. The highest BCUT2D eigenvalue weighted by molar-refractivity contribution is 6.02. The second kappa shape index (κ2) is 7.19. The molecule has 1 N–H and O–H groups in total. The van der Waals surface area contributed by atoms with Gasteiger partial charge in [0, 0.05) is 17.3 Å². The van der Waals surface area contributed by atoms with Gasteiger partial charge in [-0.1, -0.05) is 12.1 Å². The number of fused-ring (bicyclic) bond motifs is 1. The van der Waals surface area contributed by atoms with Crippen LogP contribution in [0.15, 0.2) is 63.6 Å². The number of carbonyl (C=O) groups excluding carboxylic acids is 1. The third kappa shape index (κ3) is 3.60. The lowest BCUT2D eigenvalue weighted by molar-refractivity contribution is -0.111. The molecule has 1 amide bonds. The number of oxazole rings is 1. The van der Waals surface area contributed by atoms with Crippen molar-refractivity contribution < 1.29 is 13.6 Å². The summed E-state index contributed by atoms with van der Waals surface area (Å²) in [5, 5.41) is 2.90. The third-order valence-corrected chi connectivity index (χ3v) is 4.50. The van der Waals surface area contributed by atoms with Crippen LogP contribution in [0.4, 0.5) is 5.69 Å². The molecule has 0 atom stereocenters. The van der Waals surface area contributed by atoms with Crippen LogP contribution < -0.4 is 5.32 Å². The second-order valence-electron chi connectivity index (χ2n) is 6.82. The van der Waals surface area contributed by atoms with Crippen LogP contribution in [0.5, 0.6) is 0 Å². The van der Waals surface area contributed by atoms with Gasteiger partial charge in [-0.2, -0.15) is 0 Å². The van der Waals surface area contributed by atoms with Crippen molar-refractivity contribution in [3.8, 4) is 11.5 Å². The van der Waals surface area contributed by atoms with Gasteiger partial charge >= 0.3 is 0 Å². The Morgan fingerprint density at radius 3 is 2.71 bits per heavy atom. The van der Waals surface area contributed by atoms with Crippen molar-refractivity contribution in [2.45, 2.75) is 20.8 Å². The molecule has 2 aromatic carbocycles. The average molecular weight is 372 g/mol. The van der Waals surface area contributed by atoms with E-state index in [2.05, 4.69) is 16.4 Å². The molecule has 5 nitrogen and oxygen atoms in total. The molecule has 0 aliphatic carbocycles. The van der Waals surface area contributed by atoms with Crippen LogP contribution in [-0.2, 0) is 4.79 Å². The molecular formula is C23H20N2O3. The topological polar surface area (TPSA) is 68.3 Å². The van der Waals surface area contributed by atoms with Gasteiger partial charge in [0.15, 0.2) is 5.58 Å². The highest BCUT2D eigenvalue weighted by Crippen LogP contribution is 2.30. The minimum atomic E-state index is -0.235. The average Bonchev–Trinajstić information content (AvgIpc) is 3.31. The van der Waals surface area contributed by atoms with Crippen molar-refractivity contribution in [3.63, 3.8) is 0 Å². The van der Waals surface area contributed by atoms with E-state index >= 15 is 0 Å². The summed E-state index contributed by atoms with van der Waals surface area (Å²) >= 11 is 0. The molecule has 0 spiro atoms. The number of aromatic nitrogens is 1. The largest absolute Gasteiger partial charge is 0.465 e. The lowest BCUT2D eigenvalue weighted by Gasteiger charge is -2.07. The molecule has 5 heteroatoms. The number of carbonyl (C=O) groups is 1. The quantitative estimate of drug-likeness (QED) is 0.469. The van der Waals surface area contributed by atoms with Crippen molar-refractivity contribution in [2.24, 2.45) is 0 Å². The van der Waals surface area contributed by atoms with E-state index in [9.17, 15) is 4.79 Å². The minimum Gasteiger partial charge on any atom is -0.465 e. The van der Waals surface area contributed by atoms with Crippen LogP contribution in [0.1, 0.15) is 22.5 Å². The lowest BCUT2D eigenvalue weighted by Crippen LogP contribution is -2.09. The first-order valence-electron chi connectivity index (χ1n) is 9.01. The fourth-order valence-electron chi connectivity index (χ4n) is 3.11. The fraction of sp³-hybridized carbons (Fsp3) is 0.130. The van der Waals surface area contributed by atoms with Gasteiger partial charge in [0.25, 0.3) is 0 Å². The fourth-order valence-corrected chi connectivity index (χ4v) is 3.11. The molecule has 0 bridgehead atoms. The number of hydrogen-bond acceptors (Lipinski definition) is 4. The Morgan fingerprint density at radius 2 is 1.93 bits per heavy atom. The maximum atomic E-state index is 12.3. The van der Waals surface area contributed by atoms with E-state index in [1.165, 1.54) is 6.08 Å². The van der Waals surface area contributed by atoms with Gasteiger partial charge in [-0.15, -0.1) is 0 Å². The van der Waals surface area contributed by atoms with Gasteiger partial charge in [0.1, 0.15) is 11.3 Å². The Hall–Kier alpha value is -3.60. The number of nitrogens with one attached hydrogen (secondary N) is 1. The number of amides is 1. The van der Waals surface area contributed by atoms with Crippen molar-refractivity contribution in [2.75, 3.05) is 5.32 Å². The normalized spacial score (nSPS) is 11.4. The SMILES string of the molecule is Cc1cc(C)c2oc(-c3ccc(C)c(NC(=O)/C=C/c4ccco4)c3)nc2c1. The van der Waals surface area contributed by atoms with Crippen LogP contribution in [0.3, 0.4) is 0 Å². The first-order chi connectivity index (χ1) is 13.5. The number of aryl methyl sites for hydroxylation is 3. The summed E-state index contributed by atoms with van der Waals surface area (Å²) in [7, 11) is 0. The Bertz CT molecular complexity index is 1180. The highest BCUT2D eigenvalue weighted by Gasteiger charge is 2.12. The number of anilines is 1. The van der Waals surface area contributed by atoms with Crippen molar-refractivity contribution in [1.29, 1.82) is 0 Å². The van der Waals surface area contributed by atoms with E-state index in [-0.39, 0.29) is 5.91 Å². The first kappa shape index (κ1) is 17.8. The molecule has 2 aromatic heterocycles. The van der Waals surface area contributed by atoms with Crippen molar-refractivity contribution in [1.82, 2.24) is 4.98 Å². The maximum absolute atomic E-state index is 12.3. The zero-order chi connectivity index (χ0) is 19.7. The lowest BCUT2D eigenvalue weighted by atomic mass is 10.1. The smallest absolute Gasteiger partial charge is 0.248 e. The Morgan fingerprint density at radius 1 is 1.07 bits per heavy atom. The van der Waals surface area contributed by atoms with Crippen molar-refractivity contribution >= 4 is 28.8 Å². The monoisotopic (exact) mass is 372 g/mol. The van der Waals surface area contributed by atoms with E-state index < -0.39 is 0 Å². The van der Waals surface area contributed by atoms with E-state index in [1.807, 2.05) is 45.0 Å². The molecular weight excluding hydrogens is 352 g/mol. The molecule has 0 radical (unpaired) electrons. The predicted octanol–water partition coefficient (Wildman–Crippen LogP) is 5.66. The van der Waals surface area contributed by atoms with E-state index in [4.69, 9.17) is 8.83 Å². The van der Waals surface area contributed by atoms with Gasteiger partial charge in [0.2, 0.25) is 11.8 Å². The zero-order valence-electron chi connectivity index (χ0n) is 15.9. The summed E-state index contributed by atoms with van der Waals surface area (Å²) in [5.41, 5.74) is 6.29. The van der Waals surface area contributed by atoms with E-state index in [0.717, 1.165) is 33.4 Å². The predicted molar refractivity (Wildman–Crippen MR) is 110 cm³/mol. The number of hydrogen-bond donors (Lipinski definition) is 1. The number of benzene rings is 2. The van der Waals surface area contributed by atoms with Crippen LogP contribution in [0.2, 0.25) is 0 Å². The van der Waals surface area contributed by atoms with E-state index in [0.29, 0.717) is 17.3 Å². The molecule has 0 saturated heterocycles. The van der Waals surface area contributed by atoms with Gasteiger partial charge < -0.3 is 14.2 Å². The number of rotatable bonds is 4. The number of nitrogens with zero attached hydrogens (tertiary/aromatic N) is 1. The molecule has 2 heterocycles. The van der Waals surface area contributed by atoms with Crippen LogP contribution in [-0.4, -0.2) is 10.9 Å². The summed E-state index contributed by atoms with van der Waals surface area (Å²) < 4.78 is 11.2. The molecule has 0 fully saturated rings. The highest BCUT2D eigenvalue weighted by atomic mass is 16.3. The molecule has 0 saturated carbocycles. The van der Waals surface area contributed by atoms with Crippen LogP contribution in [0.25, 0.3) is 28.6 Å². The van der Waals surface area contributed by atoms with Crippen LogP contribution >= 0.6 is 0 Å². The summed E-state index contributed by atoms with van der Waals surface area (Å²) in [6, 6.07) is 13.4. The third-order valence-electron chi connectivity index (χ3n) is 4.50. The Labute approximate surface area is 162 Å². The van der Waals surface area contributed by atoms with E-state index in [1.54, 1.807) is 24.5 Å². The van der Waals surface area contributed by atoms with Gasteiger partial charge in [-0.25, -0.2) is 4.98 Å². The first-order valence-corrected chi connectivity index (χ1v) is 9.01. The minimum absolute atomic E-state index is 0.235. The number of furan rings is 1. The zero-order valence-corrected chi connectivity index (χ0v) is 15.9. The van der Waals surface area contributed by atoms with Crippen LogP contribution in [0, 0.1) is 20.8 Å². The molecule has 0 aliphatic heterocycles. The molecule has 28 heavy (non-hydrogen) atoms. The summed E-state index contributed by atoms with van der Waals surface area (Å²) in [4.78, 5) is 16.9. The summed E-state index contributed by atoms with van der Waals surface area (Å²) in [6.45, 7) is 5.99.